The van der Waals surface area contributed by atoms with Crippen molar-refractivity contribution in [2.75, 3.05) is 0 Å². The number of ether oxygens (including phenoxy) is 1. The summed E-state index contributed by atoms with van der Waals surface area (Å²) in [5.41, 5.74) is 1.01. The van der Waals surface area contributed by atoms with Crippen LogP contribution in [0.1, 0.15) is 5.56 Å². The first kappa shape index (κ1) is 11.5. The summed E-state index contributed by atoms with van der Waals surface area (Å²) in [6.45, 7) is 0. The van der Waals surface area contributed by atoms with Crippen LogP contribution in [0.4, 0.5) is 0 Å². The van der Waals surface area contributed by atoms with E-state index in [1.165, 1.54) is 0 Å². The van der Waals surface area contributed by atoms with E-state index in [9.17, 15) is 0 Å². The number of aryl methyl sites for hydroxylation is 1. The SMILES string of the molecule is Cn1cc(Oc2ccc(Cl)cc2CBr)cn1. The first-order valence-electron chi connectivity index (χ1n) is 4.70. The second-order valence-electron chi connectivity index (χ2n) is 3.34. The Morgan fingerprint density at radius 1 is 1.50 bits per heavy atom. The molecule has 0 aliphatic rings. The number of aromatic nitrogens is 2. The normalized spacial score (nSPS) is 10.4. The smallest absolute Gasteiger partial charge is 0.165 e. The largest absolute Gasteiger partial charge is 0.454 e. The molecule has 0 aliphatic heterocycles. The van der Waals surface area contributed by atoms with E-state index in [0.29, 0.717) is 16.1 Å². The Labute approximate surface area is 107 Å². The molecule has 2 rings (SSSR count). The van der Waals surface area contributed by atoms with Crippen LogP contribution < -0.4 is 4.74 Å². The molecule has 0 radical (unpaired) electrons. The van der Waals surface area contributed by atoms with Gasteiger partial charge in [0.2, 0.25) is 0 Å². The van der Waals surface area contributed by atoms with E-state index in [1.54, 1.807) is 16.9 Å². The molecule has 84 valence electrons. The lowest BCUT2D eigenvalue weighted by molar-refractivity contribution is 0.478. The first-order chi connectivity index (χ1) is 7.69. The van der Waals surface area contributed by atoms with Gasteiger partial charge in [0.15, 0.2) is 5.75 Å². The molecule has 1 heterocycles. The molecular weight excluding hydrogens is 291 g/mol. The van der Waals surface area contributed by atoms with Crippen LogP contribution in [0.15, 0.2) is 30.6 Å². The van der Waals surface area contributed by atoms with E-state index >= 15 is 0 Å². The van der Waals surface area contributed by atoms with Gasteiger partial charge in [-0.1, -0.05) is 27.5 Å². The third kappa shape index (κ3) is 2.57. The molecule has 1 aromatic carbocycles. The van der Waals surface area contributed by atoms with Gasteiger partial charge in [0.25, 0.3) is 0 Å². The van der Waals surface area contributed by atoms with Crippen molar-refractivity contribution < 1.29 is 4.74 Å². The Balaban J connectivity index is 2.27. The topological polar surface area (TPSA) is 27.1 Å². The van der Waals surface area contributed by atoms with Gasteiger partial charge in [0.1, 0.15) is 5.75 Å². The number of benzene rings is 1. The monoisotopic (exact) mass is 300 g/mol. The molecule has 0 saturated carbocycles. The highest BCUT2D eigenvalue weighted by atomic mass is 79.9. The zero-order valence-corrected chi connectivity index (χ0v) is 11.0. The van der Waals surface area contributed by atoms with Crippen molar-refractivity contribution in [1.82, 2.24) is 9.78 Å². The molecule has 1 aromatic heterocycles. The fourth-order valence-corrected chi connectivity index (χ4v) is 1.96. The lowest BCUT2D eigenvalue weighted by Crippen LogP contribution is -1.88. The maximum absolute atomic E-state index is 5.91. The van der Waals surface area contributed by atoms with Gasteiger partial charge in [-0.05, 0) is 18.2 Å². The van der Waals surface area contributed by atoms with E-state index in [4.69, 9.17) is 16.3 Å². The average molecular weight is 302 g/mol. The number of halogens is 2. The Hall–Kier alpha value is -1.00. The minimum atomic E-state index is 0.698. The predicted molar refractivity (Wildman–Crippen MR) is 67.4 cm³/mol. The second-order valence-corrected chi connectivity index (χ2v) is 4.33. The maximum Gasteiger partial charge on any atom is 0.165 e. The van der Waals surface area contributed by atoms with Gasteiger partial charge in [-0.15, -0.1) is 0 Å². The molecule has 0 bridgehead atoms. The third-order valence-corrected chi connectivity index (χ3v) is 2.91. The summed E-state index contributed by atoms with van der Waals surface area (Å²) in [5, 5.41) is 5.44. The molecule has 0 N–H and O–H groups in total. The van der Waals surface area contributed by atoms with Crippen LogP contribution in [0.5, 0.6) is 11.5 Å². The molecule has 0 spiro atoms. The fraction of sp³-hybridized carbons (Fsp3) is 0.182. The highest BCUT2D eigenvalue weighted by Gasteiger charge is 2.06. The Morgan fingerprint density at radius 3 is 2.94 bits per heavy atom. The number of hydrogen-bond acceptors (Lipinski definition) is 2. The molecule has 0 unspecified atom stereocenters. The van der Waals surface area contributed by atoms with Gasteiger partial charge in [0.05, 0.1) is 12.4 Å². The number of hydrogen-bond donors (Lipinski definition) is 0. The summed E-state index contributed by atoms with van der Waals surface area (Å²) in [5.74, 6) is 1.50. The molecule has 5 heteroatoms. The first-order valence-corrected chi connectivity index (χ1v) is 6.20. The van der Waals surface area contributed by atoms with Gasteiger partial charge in [-0.25, -0.2) is 0 Å². The van der Waals surface area contributed by atoms with Crippen LogP contribution in [0, 0.1) is 0 Å². The van der Waals surface area contributed by atoms with Crippen molar-refractivity contribution in [3.63, 3.8) is 0 Å². The molecule has 0 atom stereocenters. The third-order valence-electron chi connectivity index (χ3n) is 2.08. The van der Waals surface area contributed by atoms with Crippen LogP contribution in [-0.2, 0) is 12.4 Å². The van der Waals surface area contributed by atoms with E-state index in [-0.39, 0.29) is 0 Å². The van der Waals surface area contributed by atoms with E-state index in [2.05, 4.69) is 21.0 Å². The van der Waals surface area contributed by atoms with Crippen molar-refractivity contribution in [1.29, 1.82) is 0 Å². The van der Waals surface area contributed by atoms with Gasteiger partial charge in [0, 0.05) is 23.0 Å². The lowest BCUT2D eigenvalue weighted by Gasteiger charge is -2.07. The maximum atomic E-state index is 5.91. The molecule has 0 saturated heterocycles. The summed E-state index contributed by atoms with van der Waals surface area (Å²) in [7, 11) is 1.85. The molecule has 3 nitrogen and oxygen atoms in total. The van der Waals surface area contributed by atoms with Crippen LogP contribution in [0.25, 0.3) is 0 Å². The summed E-state index contributed by atoms with van der Waals surface area (Å²) in [6, 6.07) is 5.54. The molecule has 0 amide bonds. The van der Waals surface area contributed by atoms with Crippen molar-refractivity contribution in [2.45, 2.75) is 5.33 Å². The highest BCUT2D eigenvalue weighted by Crippen LogP contribution is 2.28. The molecule has 16 heavy (non-hydrogen) atoms. The fourth-order valence-electron chi connectivity index (χ4n) is 1.33. The molecule has 0 aliphatic carbocycles. The lowest BCUT2D eigenvalue weighted by atomic mass is 10.2. The van der Waals surface area contributed by atoms with Crippen molar-refractivity contribution in [3.8, 4) is 11.5 Å². The summed E-state index contributed by atoms with van der Waals surface area (Å²) >= 11 is 9.31. The standard InChI is InChI=1S/C11H10BrClN2O/c1-15-7-10(6-14-15)16-11-3-2-9(13)4-8(11)5-12/h2-4,6-7H,5H2,1H3. The van der Waals surface area contributed by atoms with Crippen molar-refractivity contribution >= 4 is 27.5 Å². The summed E-state index contributed by atoms with van der Waals surface area (Å²) < 4.78 is 7.40. The quantitative estimate of drug-likeness (QED) is 0.807. The van der Waals surface area contributed by atoms with Crippen LogP contribution in [0.2, 0.25) is 5.02 Å². The van der Waals surface area contributed by atoms with Crippen LogP contribution in [0.3, 0.4) is 0 Å². The van der Waals surface area contributed by atoms with E-state index in [0.717, 1.165) is 11.3 Å². The number of rotatable bonds is 3. The second kappa shape index (κ2) is 4.89. The van der Waals surface area contributed by atoms with Gasteiger partial charge in [-0.2, -0.15) is 5.10 Å². The number of alkyl halides is 1. The average Bonchev–Trinajstić information content (AvgIpc) is 2.67. The minimum absolute atomic E-state index is 0.698. The summed E-state index contributed by atoms with van der Waals surface area (Å²) in [6.07, 6.45) is 3.49. The Kier molecular flexibility index (Phi) is 3.51. The van der Waals surface area contributed by atoms with Crippen molar-refractivity contribution in [3.05, 3.63) is 41.2 Å². The Morgan fingerprint density at radius 2 is 2.31 bits per heavy atom. The molecule has 0 fully saturated rings. The van der Waals surface area contributed by atoms with E-state index < -0.39 is 0 Å². The van der Waals surface area contributed by atoms with Gasteiger partial charge < -0.3 is 4.74 Å². The van der Waals surface area contributed by atoms with Crippen LogP contribution >= 0.6 is 27.5 Å². The zero-order valence-electron chi connectivity index (χ0n) is 8.65. The van der Waals surface area contributed by atoms with Gasteiger partial charge >= 0.3 is 0 Å². The number of nitrogens with zero attached hydrogens (tertiary/aromatic N) is 2. The molecular formula is C11H10BrClN2O. The molecule has 2 aromatic rings. The summed E-state index contributed by atoms with van der Waals surface area (Å²) in [4.78, 5) is 0. The predicted octanol–water partition coefficient (Wildman–Crippen LogP) is 3.76. The van der Waals surface area contributed by atoms with E-state index in [1.807, 2.05) is 25.4 Å². The Bertz CT molecular complexity index is 498. The minimum Gasteiger partial charge on any atom is -0.454 e. The van der Waals surface area contributed by atoms with Crippen LogP contribution in [-0.4, -0.2) is 9.78 Å². The van der Waals surface area contributed by atoms with Crippen molar-refractivity contribution in [2.24, 2.45) is 7.05 Å². The van der Waals surface area contributed by atoms with Gasteiger partial charge in [-0.3, -0.25) is 4.68 Å². The zero-order chi connectivity index (χ0) is 11.5. The highest BCUT2D eigenvalue weighted by molar-refractivity contribution is 9.08.